The van der Waals surface area contributed by atoms with Crippen LogP contribution < -0.4 is 44.7 Å². The van der Waals surface area contributed by atoms with Gasteiger partial charge < -0.3 is 15.2 Å². The zero-order chi connectivity index (χ0) is 26.9. The van der Waals surface area contributed by atoms with Gasteiger partial charge in [0.2, 0.25) is 0 Å². The third-order valence-electron chi connectivity index (χ3n) is 5.44. The van der Waals surface area contributed by atoms with Crippen LogP contribution in [0.1, 0.15) is 15.9 Å². The number of amides is 1. The van der Waals surface area contributed by atoms with Gasteiger partial charge in [-0.2, -0.15) is 13.5 Å². The van der Waals surface area contributed by atoms with Crippen molar-refractivity contribution >= 4 is 67.1 Å². The minimum absolute atomic E-state index is 0. The van der Waals surface area contributed by atoms with Gasteiger partial charge in [-0.3, -0.25) is 9.35 Å². The molecule has 190 valence electrons. The molecule has 0 atom stereocenters. The molecule has 0 aliphatic carbocycles. The molecule has 0 aliphatic rings. The summed E-state index contributed by atoms with van der Waals surface area (Å²) >= 11 is 12.4. The molecule has 1 amide bonds. The molecular formula is C25H18Cl2N3NaO6S. The molecule has 0 spiro atoms. The maximum absolute atomic E-state index is 13.4. The van der Waals surface area contributed by atoms with Gasteiger partial charge in [-0.25, -0.2) is 0 Å². The Labute approximate surface area is 250 Å². The Hall–Kier alpha value is -2.70. The van der Waals surface area contributed by atoms with Crippen molar-refractivity contribution in [2.45, 2.75) is 11.8 Å². The minimum atomic E-state index is -4.70. The van der Waals surface area contributed by atoms with Gasteiger partial charge in [0.1, 0.15) is 10.6 Å². The number of aryl methyl sites for hydroxylation is 1. The molecular weight excluding hydrogens is 564 g/mol. The number of carbonyl (C=O) groups is 1. The summed E-state index contributed by atoms with van der Waals surface area (Å²) < 4.78 is 38.6. The van der Waals surface area contributed by atoms with E-state index >= 15 is 0 Å². The Kier molecular flexibility index (Phi) is 9.43. The molecule has 9 nitrogen and oxygen atoms in total. The predicted molar refractivity (Wildman–Crippen MR) is 140 cm³/mol. The van der Waals surface area contributed by atoms with Crippen molar-refractivity contribution in [1.82, 2.24) is 0 Å². The van der Waals surface area contributed by atoms with E-state index in [9.17, 15) is 22.9 Å². The Bertz CT molecular complexity index is 1700. The number of benzene rings is 4. The first-order chi connectivity index (χ1) is 17.5. The smallest absolute Gasteiger partial charge is 0.870 e. The average molecular weight is 582 g/mol. The second kappa shape index (κ2) is 12.0. The first-order valence-electron chi connectivity index (χ1n) is 10.6. The van der Waals surface area contributed by atoms with Crippen molar-refractivity contribution in [3.05, 3.63) is 81.8 Å². The summed E-state index contributed by atoms with van der Waals surface area (Å²) in [6, 6.07) is 15.3. The summed E-state index contributed by atoms with van der Waals surface area (Å²) in [7, 11) is -3.31. The van der Waals surface area contributed by atoms with Crippen LogP contribution in [0.15, 0.2) is 75.8 Å². The standard InChI is InChI=1S/C25H19Cl2N3O6S.Na/c1-13-10-11-19(37(33,34)35)22(20(13)27)30-29-21-15-7-4-3-6-14(15)12-16(23(21)31)25(32)28-18-9-5-8-17(26)24(18)36-2;/h3-12,31H,1-2H3,(H,28,32)(H,33,34,35);/q;+1/p-1. The van der Waals surface area contributed by atoms with Gasteiger partial charge in [0.25, 0.3) is 16.0 Å². The van der Waals surface area contributed by atoms with Gasteiger partial charge in [0, 0.05) is 10.9 Å². The molecule has 0 saturated carbocycles. The number of ether oxygens (including phenoxy) is 1. The first kappa shape index (κ1) is 29.9. The second-order valence-electron chi connectivity index (χ2n) is 7.82. The molecule has 2 N–H and O–H groups in total. The monoisotopic (exact) mass is 581 g/mol. The zero-order valence-corrected chi connectivity index (χ0v) is 24.6. The van der Waals surface area contributed by atoms with Crippen LogP contribution in [0, 0.1) is 6.92 Å². The molecule has 0 radical (unpaired) electrons. The number of hydrogen-bond donors (Lipinski definition) is 2. The minimum Gasteiger partial charge on any atom is -0.870 e. The third kappa shape index (κ3) is 5.97. The number of nitrogens with zero attached hydrogens (tertiary/aromatic N) is 2. The molecule has 0 fully saturated rings. The van der Waals surface area contributed by atoms with E-state index in [1.165, 1.54) is 19.2 Å². The van der Waals surface area contributed by atoms with Crippen molar-refractivity contribution in [2.24, 2.45) is 10.2 Å². The van der Waals surface area contributed by atoms with E-state index in [4.69, 9.17) is 27.9 Å². The average Bonchev–Trinajstić information content (AvgIpc) is 2.84. The Morgan fingerprint density at radius 2 is 1.71 bits per heavy atom. The quantitative estimate of drug-likeness (QED) is 0.203. The fraction of sp³-hybridized carbons (Fsp3) is 0.0800. The summed E-state index contributed by atoms with van der Waals surface area (Å²) in [6.45, 7) is 1.61. The molecule has 13 heteroatoms. The number of halogens is 2. The third-order valence-corrected chi connectivity index (χ3v) is 7.10. The van der Waals surface area contributed by atoms with E-state index in [1.807, 2.05) is 0 Å². The molecule has 0 heterocycles. The predicted octanol–water partition coefficient (Wildman–Crippen LogP) is 3.46. The second-order valence-corrected chi connectivity index (χ2v) is 9.99. The maximum atomic E-state index is 13.4. The Morgan fingerprint density at radius 1 is 1.03 bits per heavy atom. The molecule has 4 rings (SSSR count). The molecule has 0 aromatic heterocycles. The van der Waals surface area contributed by atoms with E-state index in [-0.39, 0.29) is 68.0 Å². The van der Waals surface area contributed by atoms with E-state index in [2.05, 4.69) is 15.5 Å². The number of carbonyl (C=O) groups excluding carboxylic acids is 1. The van der Waals surface area contributed by atoms with Crippen molar-refractivity contribution in [3.63, 3.8) is 0 Å². The Balaban J connectivity index is 0.00000400. The van der Waals surface area contributed by atoms with E-state index in [0.29, 0.717) is 16.3 Å². The van der Waals surface area contributed by atoms with Crippen molar-refractivity contribution < 1.29 is 57.2 Å². The van der Waals surface area contributed by atoms with E-state index in [0.717, 1.165) is 6.07 Å². The molecule has 0 aliphatic heterocycles. The van der Waals surface area contributed by atoms with Crippen LogP contribution in [-0.4, -0.2) is 26.0 Å². The van der Waals surface area contributed by atoms with Gasteiger partial charge in [-0.15, -0.1) is 5.11 Å². The molecule has 38 heavy (non-hydrogen) atoms. The van der Waals surface area contributed by atoms with E-state index in [1.54, 1.807) is 49.4 Å². The summed E-state index contributed by atoms with van der Waals surface area (Å²) in [5, 5.41) is 25.0. The van der Waals surface area contributed by atoms with Crippen LogP contribution in [0.5, 0.6) is 11.5 Å². The Morgan fingerprint density at radius 3 is 2.39 bits per heavy atom. The largest absolute Gasteiger partial charge is 1.00 e. The molecule has 0 unspecified atom stereocenters. The number of anilines is 1. The number of para-hydroxylation sites is 1. The first-order valence-corrected chi connectivity index (χ1v) is 12.8. The van der Waals surface area contributed by atoms with Crippen molar-refractivity contribution in [1.29, 1.82) is 0 Å². The van der Waals surface area contributed by atoms with Gasteiger partial charge in [0.15, 0.2) is 5.75 Å². The number of fused-ring (bicyclic) bond motifs is 1. The normalized spacial score (nSPS) is 11.4. The molecule has 0 saturated heterocycles. The van der Waals surface area contributed by atoms with Crippen molar-refractivity contribution in [2.75, 3.05) is 12.4 Å². The summed E-state index contributed by atoms with van der Waals surface area (Å²) in [6.07, 6.45) is 0. The number of hydrogen-bond acceptors (Lipinski definition) is 7. The van der Waals surface area contributed by atoms with Crippen LogP contribution in [0.2, 0.25) is 10.0 Å². The number of methoxy groups -OCH3 is 1. The molecule has 0 bridgehead atoms. The zero-order valence-electron chi connectivity index (χ0n) is 20.3. The van der Waals surface area contributed by atoms with Gasteiger partial charge >= 0.3 is 29.6 Å². The van der Waals surface area contributed by atoms with Crippen LogP contribution in [-0.2, 0) is 10.1 Å². The van der Waals surface area contributed by atoms with E-state index < -0.39 is 26.7 Å². The number of azo groups is 1. The van der Waals surface area contributed by atoms with Gasteiger partial charge in [-0.1, -0.05) is 65.3 Å². The van der Waals surface area contributed by atoms with Gasteiger partial charge in [0.05, 0.1) is 28.5 Å². The van der Waals surface area contributed by atoms with Crippen LogP contribution in [0.25, 0.3) is 10.8 Å². The SMILES string of the molecule is COc1c(Cl)cccc1NC(=O)c1cc2ccccc2c(N=Nc2c(S(=O)(=O)O)ccc(C)c2Cl)c1[O-].[Na+]. The van der Waals surface area contributed by atoms with Crippen molar-refractivity contribution in [3.8, 4) is 11.5 Å². The van der Waals surface area contributed by atoms with Gasteiger partial charge in [-0.05, 0) is 42.1 Å². The van der Waals surface area contributed by atoms with Crippen LogP contribution >= 0.6 is 23.2 Å². The molecule has 4 aromatic rings. The van der Waals surface area contributed by atoms with Crippen LogP contribution in [0.3, 0.4) is 0 Å². The molecule has 4 aromatic carbocycles. The summed E-state index contributed by atoms with van der Waals surface area (Å²) in [5.41, 5.74) is -0.0924. The number of nitrogens with one attached hydrogen (secondary N) is 1. The summed E-state index contributed by atoms with van der Waals surface area (Å²) in [5.74, 6) is -1.30. The maximum Gasteiger partial charge on any atom is 1.00 e. The topological polar surface area (TPSA) is 140 Å². The fourth-order valence-electron chi connectivity index (χ4n) is 3.63. The summed E-state index contributed by atoms with van der Waals surface area (Å²) in [4.78, 5) is 12.6. The van der Waals surface area contributed by atoms with Crippen LogP contribution in [0.4, 0.5) is 17.1 Å². The fourth-order valence-corrected chi connectivity index (χ4v) is 4.77. The number of rotatable bonds is 6.